The van der Waals surface area contributed by atoms with Gasteiger partial charge in [0.25, 0.3) is 0 Å². The van der Waals surface area contributed by atoms with Gasteiger partial charge in [0, 0.05) is 0 Å². The Bertz CT molecular complexity index is 359. The zero-order chi connectivity index (χ0) is 13.7. The topological polar surface area (TPSA) is 105 Å². The molecule has 0 fully saturated rings. The Morgan fingerprint density at radius 1 is 1.41 bits per heavy atom. The maximum absolute atomic E-state index is 11.9. The highest BCUT2D eigenvalue weighted by molar-refractivity contribution is 7.89. The molecule has 0 aliphatic carbocycles. The molecule has 7 heteroatoms. The predicted octanol–water partition coefficient (Wildman–Crippen LogP) is 0.867. The van der Waals surface area contributed by atoms with Gasteiger partial charge in [-0.25, -0.2) is 13.1 Å². The molecular weight excluding hydrogens is 242 g/mol. The summed E-state index contributed by atoms with van der Waals surface area (Å²) in [5, 5.41) is 11.7. The standard InChI is InChI=1S/C10H23N3O3S/c1-5-10(6-2,9(11)12-14)13-17(15,16)7-8(3)4/h8,13-14H,5-7H2,1-4H3,(H2,11,12). The third-order valence-electron chi connectivity index (χ3n) is 2.71. The van der Waals surface area contributed by atoms with Crippen LogP contribution in [-0.2, 0) is 10.0 Å². The molecule has 0 aromatic heterocycles. The normalized spacial score (nSPS) is 14.3. The zero-order valence-electron chi connectivity index (χ0n) is 10.9. The van der Waals surface area contributed by atoms with Gasteiger partial charge in [-0.15, -0.1) is 0 Å². The average Bonchev–Trinajstić information content (AvgIpc) is 2.23. The highest BCUT2D eigenvalue weighted by Gasteiger charge is 2.35. The van der Waals surface area contributed by atoms with E-state index in [9.17, 15) is 8.42 Å². The summed E-state index contributed by atoms with van der Waals surface area (Å²) in [6.07, 6.45) is 0.855. The number of amidine groups is 1. The van der Waals surface area contributed by atoms with Crippen molar-refractivity contribution >= 4 is 15.9 Å². The first kappa shape index (κ1) is 16.2. The number of nitrogens with two attached hydrogens (primary N) is 1. The van der Waals surface area contributed by atoms with E-state index >= 15 is 0 Å². The van der Waals surface area contributed by atoms with Crippen LogP contribution in [0.3, 0.4) is 0 Å². The van der Waals surface area contributed by atoms with Gasteiger partial charge in [0.2, 0.25) is 10.0 Å². The molecule has 0 unspecified atom stereocenters. The Kier molecular flexibility index (Phi) is 5.91. The molecule has 0 amide bonds. The molecule has 0 spiro atoms. The number of oxime groups is 1. The SMILES string of the molecule is CCC(CC)(NS(=O)(=O)CC(C)C)C(N)=NO. The molecule has 0 heterocycles. The van der Waals surface area contributed by atoms with E-state index in [-0.39, 0.29) is 17.5 Å². The fourth-order valence-electron chi connectivity index (χ4n) is 1.68. The molecular formula is C10H23N3O3S. The summed E-state index contributed by atoms with van der Waals surface area (Å²) in [4.78, 5) is 0. The van der Waals surface area contributed by atoms with Gasteiger partial charge in [-0.3, -0.25) is 0 Å². The van der Waals surface area contributed by atoms with Gasteiger partial charge in [-0.05, 0) is 18.8 Å². The Morgan fingerprint density at radius 3 is 2.18 bits per heavy atom. The van der Waals surface area contributed by atoms with Crippen molar-refractivity contribution in [1.29, 1.82) is 0 Å². The van der Waals surface area contributed by atoms with Crippen molar-refractivity contribution in [2.45, 2.75) is 46.1 Å². The first-order valence-electron chi connectivity index (χ1n) is 5.72. The summed E-state index contributed by atoms with van der Waals surface area (Å²) in [5.74, 6) is -0.0611. The molecule has 0 aromatic carbocycles. The van der Waals surface area contributed by atoms with Crippen LogP contribution in [0.5, 0.6) is 0 Å². The lowest BCUT2D eigenvalue weighted by atomic mass is 9.93. The molecule has 17 heavy (non-hydrogen) atoms. The second-order valence-corrected chi connectivity index (χ2v) is 6.32. The summed E-state index contributed by atoms with van der Waals surface area (Å²) >= 11 is 0. The van der Waals surface area contributed by atoms with E-state index in [0.717, 1.165) is 0 Å². The number of hydrogen-bond donors (Lipinski definition) is 3. The van der Waals surface area contributed by atoms with Crippen molar-refractivity contribution in [2.24, 2.45) is 16.8 Å². The van der Waals surface area contributed by atoms with Crippen LogP contribution in [0.4, 0.5) is 0 Å². The van der Waals surface area contributed by atoms with Crippen LogP contribution < -0.4 is 10.5 Å². The number of nitrogens with zero attached hydrogens (tertiary/aromatic N) is 1. The van der Waals surface area contributed by atoms with Crippen LogP contribution in [0.2, 0.25) is 0 Å². The molecule has 4 N–H and O–H groups in total. The van der Waals surface area contributed by atoms with E-state index in [4.69, 9.17) is 10.9 Å². The summed E-state index contributed by atoms with van der Waals surface area (Å²) in [7, 11) is -3.44. The van der Waals surface area contributed by atoms with Gasteiger partial charge in [0.15, 0.2) is 5.84 Å². The average molecular weight is 265 g/mol. The van der Waals surface area contributed by atoms with Crippen LogP contribution in [0, 0.1) is 5.92 Å². The largest absolute Gasteiger partial charge is 0.409 e. The van der Waals surface area contributed by atoms with E-state index in [1.165, 1.54) is 0 Å². The van der Waals surface area contributed by atoms with Gasteiger partial charge < -0.3 is 10.9 Å². The lowest BCUT2D eigenvalue weighted by molar-refractivity contribution is 0.307. The monoisotopic (exact) mass is 265 g/mol. The van der Waals surface area contributed by atoms with Gasteiger partial charge in [0.05, 0.1) is 11.3 Å². The number of sulfonamides is 1. The fourth-order valence-corrected chi connectivity index (χ4v) is 3.63. The molecule has 0 bridgehead atoms. The first-order valence-corrected chi connectivity index (χ1v) is 7.37. The molecule has 102 valence electrons. The van der Waals surface area contributed by atoms with E-state index in [1.807, 2.05) is 13.8 Å². The summed E-state index contributed by atoms with van der Waals surface area (Å²) in [6.45, 7) is 7.23. The van der Waals surface area contributed by atoms with Gasteiger partial charge in [0.1, 0.15) is 0 Å². The third-order valence-corrected chi connectivity index (χ3v) is 4.52. The lowest BCUT2D eigenvalue weighted by Gasteiger charge is -2.31. The number of rotatable bonds is 7. The van der Waals surface area contributed by atoms with Crippen molar-refractivity contribution < 1.29 is 13.6 Å². The Balaban J connectivity index is 5.14. The number of nitrogens with one attached hydrogen (secondary N) is 1. The van der Waals surface area contributed by atoms with E-state index in [1.54, 1.807) is 13.8 Å². The van der Waals surface area contributed by atoms with Crippen molar-refractivity contribution in [3.8, 4) is 0 Å². The first-order chi connectivity index (χ1) is 7.73. The predicted molar refractivity (Wildman–Crippen MR) is 68.5 cm³/mol. The Morgan fingerprint density at radius 2 is 1.88 bits per heavy atom. The third kappa shape index (κ3) is 4.51. The smallest absolute Gasteiger partial charge is 0.212 e. The van der Waals surface area contributed by atoms with E-state index < -0.39 is 15.6 Å². The second kappa shape index (κ2) is 6.20. The van der Waals surface area contributed by atoms with Crippen molar-refractivity contribution in [3.63, 3.8) is 0 Å². The van der Waals surface area contributed by atoms with Crippen molar-refractivity contribution in [3.05, 3.63) is 0 Å². The highest BCUT2D eigenvalue weighted by Crippen LogP contribution is 2.17. The highest BCUT2D eigenvalue weighted by atomic mass is 32.2. The molecule has 6 nitrogen and oxygen atoms in total. The molecule has 0 aromatic rings. The second-order valence-electron chi connectivity index (χ2n) is 4.55. The molecule has 0 rings (SSSR count). The molecule has 0 atom stereocenters. The molecule has 0 aliphatic heterocycles. The van der Waals surface area contributed by atoms with E-state index in [2.05, 4.69) is 9.88 Å². The maximum atomic E-state index is 11.9. The van der Waals surface area contributed by atoms with Gasteiger partial charge in [-0.1, -0.05) is 32.9 Å². The lowest BCUT2D eigenvalue weighted by Crippen LogP contribution is -2.57. The Labute approximate surface area is 103 Å². The Hall–Kier alpha value is -0.820. The summed E-state index contributed by atoms with van der Waals surface area (Å²) < 4.78 is 26.3. The number of hydrogen-bond acceptors (Lipinski definition) is 4. The fraction of sp³-hybridized carbons (Fsp3) is 0.900. The maximum Gasteiger partial charge on any atom is 0.212 e. The van der Waals surface area contributed by atoms with Crippen molar-refractivity contribution in [1.82, 2.24) is 4.72 Å². The molecule has 0 aliphatic rings. The van der Waals surface area contributed by atoms with Crippen LogP contribution in [0.1, 0.15) is 40.5 Å². The minimum Gasteiger partial charge on any atom is -0.409 e. The van der Waals surface area contributed by atoms with E-state index in [0.29, 0.717) is 12.8 Å². The van der Waals surface area contributed by atoms with Crippen LogP contribution in [0.25, 0.3) is 0 Å². The molecule has 0 saturated heterocycles. The zero-order valence-corrected chi connectivity index (χ0v) is 11.7. The summed E-state index contributed by atoms with van der Waals surface area (Å²) in [6, 6.07) is 0. The molecule has 0 radical (unpaired) electrons. The summed E-state index contributed by atoms with van der Waals surface area (Å²) in [5.41, 5.74) is 4.59. The van der Waals surface area contributed by atoms with Gasteiger partial charge in [-0.2, -0.15) is 0 Å². The minimum absolute atomic E-state index is 0.0196. The van der Waals surface area contributed by atoms with Crippen LogP contribution in [-0.4, -0.2) is 30.8 Å². The van der Waals surface area contributed by atoms with Gasteiger partial charge >= 0.3 is 0 Å². The van der Waals surface area contributed by atoms with Crippen LogP contribution >= 0.6 is 0 Å². The minimum atomic E-state index is -3.44. The van der Waals surface area contributed by atoms with Crippen molar-refractivity contribution in [2.75, 3.05) is 5.75 Å². The quantitative estimate of drug-likeness (QED) is 0.275. The molecule has 0 saturated carbocycles. The van der Waals surface area contributed by atoms with Crippen LogP contribution in [0.15, 0.2) is 5.16 Å².